The van der Waals surface area contributed by atoms with Crippen LogP contribution in [0.25, 0.3) is 11.0 Å². The number of carbonyl (C=O) groups excluding carboxylic acids is 1. The highest BCUT2D eigenvalue weighted by Crippen LogP contribution is 2.22. The van der Waals surface area contributed by atoms with E-state index >= 15 is 0 Å². The van der Waals surface area contributed by atoms with Gasteiger partial charge in [-0.2, -0.15) is 0 Å². The Labute approximate surface area is 149 Å². The third kappa shape index (κ3) is 3.84. The van der Waals surface area contributed by atoms with Crippen LogP contribution < -0.4 is 10.5 Å². The lowest BCUT2D eigenvalue weighted by Gasteiger charge is -2.36. The zero-order valence-electron chi connectivity index (χ0n) is 14.4. The van der Waals surface area contributed by atoms with Crippen molar-refractivity contribution >= 4 is 34.4 Å². The number of piperazine rings is 1. The number of fused-ring (bicyclic) bond motifs is 1. The Morgan fingerprint density at radius 3 is 2.56 bits per heavy atom. The maximum atomic E-state index is 12.3. The minimum atomic E-state index is -0.527. The number of hydrogen-bond donors (Lipinski definition) is 1. The van der Waals surface area contributed by atoms with Gasteiger partial charge in [0.2, 0.25) is 0 Å². The Hall–Kier alpha value is -2.35. The highest BCUT2D eigenvalue weighted by Gasteiger charge is 2.27. The normalized spacial score (nSPS) is 15.5. The van der Waals surface area contributed by atoms with Crippen LogP contribution in [0.4, 0.5) is 10.5 Å². The van der Waals surface area contributed by atoms with Crippen molar-refractivity contribution in [1.82, 2.24) is 19.9 Å². The van der Waals surface area contributed by atoms with E-state index in [-0.39, 0.29) is 16.8 Å². The summed E-state index contributed by atoms with van der Waals surface area (Å²) in [4.78, 5) is 38.7. The minimum Gasteiger partial charge on any atom is -0.444 e. The molecule has 0 bridgehead atoms. The van der Waals surface area contributed by atoms with Gasteiger partial charge in [-0.1, -0.05) is 11.6 Å². The predicted octanol–water partition coefficient (Wildman–Crippen LogP) is 2.03. The number of aromatic amines is 1. The fourth-order valence-corrected chi connectivity index (χ4v) is 2.85. The van der Waals surface area contributed by atoms with Gasteiger partial charge >= 0.3 is 6.09 Å². The van der Waals surface area contributed by atoms with Gasteiger partial charge < -0.3 is 19.5 Å². The summed E-state index contributed by atoms with van der Waals surface area (Å²) < 4.78 is 5.38. The molecule has 0 unspecified atom stereocenters. The van der Waals surface area contributed by atoms with Crippen LogP contribution in [0.15, 0.2) is 17.2 Å². The molecule has 0 spiro atoms. The van der Waals surface area contributed by atoms with Crippen molar-refractivity contribution < 1.29 is 9.53 Å². The highest BCUT2D eigenvalue weighted by molar-refractivity contribution is 6.33. The molecular weight excluding hydrogens is 346 g/mol. The number of rotatable bonds is 1. The van der Waals surface area contributed by atoms with E-state index in [0.29, 0.717) is 42.9 Å². The van der Waals surface area contributed by atoms with Crippen molar-refractivity contribution in [3.8, 4) is 0 Å². The molecular formula is C16H20ClN5O3. The van der Waals surface area contributed by atoms with Crippen molar-refractivity contribution in [2.75, 3.05) is 31.1 Å². The molecule has 0 aliphatic carbocycles. The van der Waals surface area contributed by atoms with E-state index in [2.05, 4.69) is 15.0 Å². The first-order chi connectivity index (χ1) is 11.7. The second-order valence-corrected chi connectivity index (χ2v) is 7.22. The Morgan fingerprint density at radius 2 is 1.92 bits per heavy atom. The SMILES string of the molecule is CC(C)(C)OC(=O)N1CCN(c2cc3c(Cl)ncnc3[nH]c2=O)CC1. The lowest BCUT2D eigenvalue weighted by Crippen LogP contribution is -2.51. The summed E-state index contributed by atoms with van der Waals surface area (Å²) >= 11 is 6.09. The van der Waals surface area contributed by atoms with E-state index in [1.807, 2.05) is 25.7 Å². The van der Waals surface area contributed by atoms with Crippen LogP contribution in [0.5, 0.6) is 0 Å². The molecule has 2 aromatic heterocycles. The van der Waals surface area contributed by atoms with Crippen LogP contribution in [0.1, 0.15) is 20.8 Å². The van der Waals surface area contributed by atoms with E-state index < -0.39 is 5.60 Å². The fourth-order valence-electron chi connectivity index (χ4n) is 2.67. The van der Waals surface area contributed by atoms with E-state index in [9.17, 15) is 9.59 Å². The summed E-state index contributed by atoms with van der Waals surface area (Å²) in [7, 11) is 0. The molecule has 1 fully saturated rings. The molecule has 1 aliphatic heterocycles. The van der Waals surface area contributed by atoms with E-state index in [0.717, 1.165) is 0 Å². The summed E-state index contributed by atoms with van der Waals surface area (Å²) in [6.45, 7) is 7.51. The predicted molar refractivity (Wildman–Crippen MR) is 95.2 cm³/mol. The smallest absolute Gasteiger partial charge is 0.410 e. The van der Waals surface area contributed by atoms with Gasteiger partial charge in [0.15, 0.2) is 0 Å². The molecule has 1 N–H and O–H groups in total. The number of nitrogens with zero attached hydrogens (tertiary/aromatic N) is 4. The molecule has 9 heteroatoms. The van der Waals surface area contributed by atoms with Crippen molar-refractivity contribution in [2.24, 2.45) is 0 Å². The molecule has 0 radical (unpaired) electrons. The van der Waals surface area contributed by atoms with E-state index in [1.54, 1.807) is 11.0 Å². The summed E-state index contributed by atoms with van der Waals surface area (Å²) in [5.74, 6) is 0. The maximum absolute atomic E-state index is 12.3. The lowest BCUT2D eigenvalue weighted by atomic mass is 10.2. The number of carbonyl (C=O) groups is 1. The molecule has 25 heavy (non-hydrogen) atoms. The Kier molecular flexibility index (Phi) is 4.55. The van der Waals surface area contributed by atoms with E-state index in [1.165, 1.54) is 6.33 Å². The minimum absolute atomic E-state index is 0.243. The van der Waals surface area contributed by atoms with Gasteiger partial charge in [0.25, 0.3) is 5.56 Å². The summed E-state index contributed by atoms with van der Waals surface area (Å²) in [6.07, 6.45) is 0.968. The first-order valence-electron chi connectivity index (χ1n) is 8.01. The van der Waals surface area contributed by atoms with E-state index in [4.69, 9.17) is 16.3 Å². The maximum Gasteiger partial charge on any atom is 0.410 e. The van der Waals surface area contributed by atoms with Crippen LogP contribution in [0, 0.1) is 0 Å². The molecule has 134 valence electrons. The molecule has 1 aliphatic rings. The number of H-pyrrole nitrogens is 1. The summed E-state index contributed by atoms with van der Waals surface area (Å²) in [5, 5.41) is 0.878. The van der Waals surface area contributed by atoms with Crippen molar-refractivity contribution in [1.29, 1.82) is 0 Å². The van der Waals surface area contributed by atoms with Crippen LogP contribution in [0.2, 0.25) is 5.15 Å². The highest BCUT2D eigenvalue weighted by atomic mass is 35.5. The number of anilines is 1. The number of amides is 1. The number of aromatic nitrogens is 3. The average Bonchev–Trinajstić information content (AvgIpc) is 2.53. The number of ether oxygens (including phenoxy) is 1. The Balaban J connectivity index is 1.76. The molecule has 1 amide bonds. The van der Waals surface area contributed by atoms with Crippen molar-refractivity contribution in [2.45, 2.75) is 26.4 Å². The first-order valence-corrected chi connectivity index (χ1v) is 8.39. The monoisotopic (exact) mass is 365 g/mol. The van der Waals surface area contributed by atoms with Gasteiger partial charge in [-0.3, -0.25) is 4.79 Å². The number of hydrogen-bond acceptors (Lipinski definition) is 6. The van der Waals surface area contributed by atoms with Gasteiger partial charge in [0.05, 0.1) is 5.39 Å². The largest absolute Gasteiger partial charge is 0.444 e. The van der Waals surface area contributed by atoms with Crippen LogP contribution >= 0.6 is 11.6 Å². The van der Waals surface area contributed by atoms with Crippen LogP contribution in [0.3, 0.4) is 0 Å². The standard InChI is InChI=1S/C16H20ClN5O3/c1-16(2,3)25-15(24)22-6-4-21(5-7-22)11-8-10-12(17)18-9-19-13(10)20-14(11)23/h8-9H,4-7H2,1-3H3,(H,18,19,20,23). The van der Waals surface area contributed by atoms with Crippen LogP contribution in [-0.4, -0.2) is 57.7 Å². The summed E-state index contributed by atoms with van der Waals surface area (Å²) in [6, 6.07) is 1.69. The molecule has 0 saturated carbocycles. The molecule has 3 rings (SSSR count). The zero-order chi connectivity index (χ0) is 18.2. The molecule has 8 nitrogen and oxygen atoms in total. The van der Waals surface area contributed by atoms with Crippen molar-refractivity contribution in [3.63, 3.8) is 0 Å². The first kappa shape index (κ1) is 17.5. The third-order valence-corrected chi connectivity index (χ3v) is 4.15. The third-order valence-electron chi connectivity index (χ3n) is 3.85. The quantitative estimate of drug-likeness (QED) is 0.777. The molecule has 0 atom stereocenters. The fraction of sp³-hybridized carbons (Fsp3) is 0.500. The average molecular weight is 366 g/mol. The van der Waals surface area contributed by atoms with Gasteiger partial charge in [0, 0.05) is 26.2 Å². The summed E-state index contributed by atoms with van der Waals surface area (Å²) in [5.41, 5.74) is 0.127. The molecule has 1 saturated heterocycles. The Bertz CT molecular complexity index is 853. The topological polar surface area (TPSA) is 91.4 Å². The number of nitrogens with one attached hydrogen (secondary N) is 1. The lowest BCUT2D eigenvalue weighted by molar-refractivity contribution is 0.0240. The second kappa shape index (κ2) is 6.51. The van der Waals surface area contributed by atoms with Gasteiger partial charge in [0.1, 0.15) is 28.4 Å². The van der Waals surface area contributed by atoms with Gasteiger partial charge in [-0.15, -0.1) is 0 Å². The van der Waals surface area contributed by atoms with Crippen LogP contribution in [-0.2, 0) is 4.74 Å². The number of halogens is 1. The zero-order valence-corrected chi connectivity index (χ0v) is 15.1. The van der Waals surface area contributed by atoms with Crippen molar-refractivity contribution in [3.05, 3.63) is 27.9 Å². The molecule has 3 heterocycles. The Morgan fingerprint density at radius 1 is 1.24 bits per heavy atom. The number of pyridine rings is 1. The molecule has 0 aromatic carbocycles. The van der Waals surface area contributed by atoms with Gasteiger partial charge in [-0.05, 0) is 26.8 Å². The van der Waals surface area contributed by atoms with Gasteiger partial charge in [-0.25, -0.2) is 14.8 Å². The molecule has 2 aromatic rings. The second-order valence-electron chi connectivity index (χ2n) is 6.86.